The second-order valence-corrected chi connectivity index (χ2v) is 4.05. The van der Waals surface area contributed by atoms with Crippen LogP contribution in [-0.2, 0) is 6.42 Å². The number of thioether (sulfide) groups is 1. The summed E-state index contributed by atoms with van der Waals surface area (Å²) < 4.78 is 0. The molecule has 1 aromatic rings. The first-order valence-electron chi connectivity index (χ1n) is 4.17. The topological polar surface area (TPSA) is 35.0 Å². The summed E-state index contributed by atoms with van der Waals surface area (Å²) >= 11 is 2.01. The molecule has 0 atom stereocenters. The standard InChI is InChI=1S/C10H12S.H3N/c1-2-7-10-9(5-1)6-3-4-8-11-10;/h1-2,5,7H,3-4,6,8H2;1H3. The molecule has 1 heterocycles. The Morgan fingerprint density at radius 2 is 1.92 bits per heavy atom. The van der Waals surface area contributed by atoms with Crippen LogP contribution < -0.4 is 6.15 Å². The molecule has 3 N–H and O–H groups in total. The van der Waals surface area contributed by atoms with Crippen molar-refractivity contribution in [2.24, 2.45) is 0 Å². The van der Waals surface area contributed by atoms with Crippen molar-refractivity contribution >= 4 is 11.8 Å². The van der Waals surface area contributed by atoms with Gasteiger partial charge in [0.1, 0.15) is 0 Å². The Balaban J connectivity index is 0.000000720. The Morgan fingerprint density at radius 3 is 2.83 bits per heavy atom. The van der Waals surface area contributed by atoms with Gasteiger partial charge in [0.15, 0.2) is 0 Å². The lowest BCUT2D eigenvalue weighted by Gasteiger charge is -2.01. The number of hydrogen-bond donors (Lipinski definition) is 1. The van der Waals surface area contributed by atoms with Gasteiger partial charge in [-0.2, -0.15) is 0 Å². The Kier molecular flexibility index (Phi) is 3.63. The van der Waals surface area contributed by atoms with E-state index in [1.165, 1.54) is 29.9 Å². The molecular weight excluding hydrogens is 166 g/mol. The third-order valence-corrected chi connectivity index (χ3v) is 3.27. The molecule has 0 saturated carbocycles. The van der Waals surface area contributed by atoms with Crippen molar-refractivity contribution < 1.29 is 0 Å². The zero-order chi connectivity index (χ0) is 7.52. The van der Waals surface area contributed by atoms with Crippen molar-refractivity contribution in [3.63, 3.8) is 0 Å². The lowest BCUT2D eigenvalue weighted by molar-refractivity contribution is 0.804. The quantitative estimate of drug-likeness (QED) is 0.666. The van der Waals surface area contributed by atoms with Gasteiger partial charge >= 0.3 is 0 Å². The Bertz CT molecular complexity index is 222. The van der Waals surface area contributed by atoms with Gasteiger partial charge in [-0.3, -0.25) is 0 Å². The van der Waals surface area contributed by atoms with Crippen LogP contribution in [0.1, 0.15) is 18.4 Å². The van der Waals surface area contributed by atoms with Gasteiger partial charge in [-0.05, 0) is 36.6 Å². The van der Waals surface area contributed by atoms with Gasteiger partial charge < -0.3 is 6.15 Å². The zero-order valence-corrected chi connectivity index (χ0v) is 8.07. The van der Waals surface area contributed by atoms with Crippen molar-refractivity contribution in [1.82, 2.24) is 6.15 Å². The molecule has 1 aromatic carbocycles. The minimum absolute atomic E-state index is 0. The molecule has 0 aliphatic carbocycles. The highest BCUT2D eigenvalue weighted by atomic mass is 32.2. The summed E-state index contributed by atoms with van der Waals surface area (Å²) in [6.07, 6.45) is 4.02. The lowest BCUT2D eigenvalue weighted by atomic mass is 10.1. The normalized spacial score (nSPS) is 15.7. The SMILES string of the molecule is N.c1ccc2c(c1)CCCCS2. The number of benzene rings is 1. The van der Waals surface area contributed by atoms with E-state index in [-0.39, 0.29) is 6.15 Å². The molecule has 0 spiro atoms. The average molecular weight is 181 g/mol. The molecular formula is C10H15NS. The summed E-state index contributed by atoms with van der Waals surface area (Å²) in [6.45, 7) is 0. The van der Waals surface area contributed by atoms with Crippen molar-refractivity contribution in [3.05, 3.63) is 29.8 Å². The van der Waals surface area contributed by atoms with E-state index in [1.807, 2.05) is 11.8 Å². The van der Waals surface area contributed by atoms with E-state index in [4.69, 9.17) is 0 Å². The third kappa shape index (κ3) is 2.02. The molecule has 0 fully saturated rings. The second kappa shape index (κ2) is 4.53. The van der Waals surface area contributed by atoms with Gasteiger partial charge in [-0.25, -0.2) is 0 Å². The maximum absolute atomic E-state index is 2.26. The maximum atomic E-state index is 2.26. The van der Waals surface area contributed by atoms with Gasteiger partial charge in [0.25, 0.3) is 0 Å². The summed E-state index contributed by atoms with van der Waals surface area (Å²) in [6, 6.07) is 8.78. The predicted molar refractivity (Wildman–Crippen MR) is 55.1 cm³/mol. The molecule has 0 bridgehead atoms. The minimum atomic E-state index is 0. The molecule has 1 aliphatic heterocycles. The molecule has 1 nitrogen and oxygen atoms in total. The van der Waals surface area contributed by atoms with Crippen LogP contribution in [0.5, 0.6) is 0 Å². The smallest absolute Gasteiger partial charge is 0.0104 e. The van der Waals surface area contributed by atoms with Crippen LogP contribution in [0.15, 0.2) is 29.2 Å². The van der Waals surface area contributed by atoms with Crippen LogP contribution in [0.2, 0.25) is 0 Å². The molecule has 0 unspecified atom stereocenters. The number of rotatable bonds is 0. The minimum Gasteiger partial charge on any atom is -0.344 e. The van der Waals surface area contributed by atoms with Crippen LogP contribution >= 0.6 is 11.8 Å². The van der Waals surface area contributed by atoms with Crippen molar-refractivity contribution in [3.8, 4) is 0 Å². The van der Waals surface area contributed by atoms with E-state index in [1.54, 1.807) is 5.56 Å². The average Bonchev–Trinajstić information content (AvgIpc) is 2.28. The molecule has 0 aromatic heterocycles. The van der Waals surface area contributed by atoms with E-state index >= 15 is 0 Å². The first-order valence-corrected chi connectivity index (χ1v) is 5.16. The molecule has 12 heavy (non-hydrogen) atoms. The van der Waals surface area contributed by atoms with E-state index < -0.39 is 0 Å². The fraction of sp³-hybridized carbons (Fsp3) is 0.400. The summed E-state index contributed by atoms with van der Waals surface area (Å²) in [4.78, 5) is 1.50. The number of hydrogen-bond acceptors (Lipinski definition) is 2. The van der Waals surface area contributed by atoms with E-state index in [0.29, 0.717) is 0 Å². The van der Waals surface area contributed by atoms with Crippen LogP contribution in [0.3, 0.4) is 0 Å². The van der Waals surface area contributed by atoms with Gasteiger partial charge in [0.2, 0.25) is 0 Å². The molecule has 0 amide bonds. The highest BCUT2D eigenvalue weighted by molar-refractivity contribution is 7.99. The van der Waals surface area contributed by atoms with E-state index in [0.717, 1.165) is 0 Å². The van der Waals surface area contributed by atoms with Crippen LogP contribution in [0.25, 0.3) is 0 Å². The fourth-order valence-corrected chi connectivity index (χ4v) is 2.55. The van der Waals surface area contributed by atoms with E-state index in [9.17, 15) is 0 Å². The predicted octanol–water partition coefficient (Wildman–Crippen LogP) is 3.28. The molecule has 0 saturated heterocycles. The molecule has 2 heteroatoms. The second-order valence-electron chi connectivity index (χ2n) is 2.91. The summed E-state index contributed by atoms with van der Waals surface area (Å²) in [7, 11) is 0. The first-order chi connectivity index (χ1) is 5.47. The van der Waals surface area contributed by atoms with Gasteiger partial charge in [0.05, 0.1) is 0 Å². The van der Waals surface area contributed by atoms with Gasteiger partial charge in [-0.1, -0.05) is 18.2 Å². The summed E-state index contributed by atoms with van der Waals surface area (Å²) in [5, 5.41) is 0. The van der Waals surface area contributed by atoms with Gasteiger partial charge in [0, 0.05) is 4.90 Å². The number of aryl methyl sites for hydroxylation is 1. The fourth-order valence-electron chi connectivity index (χ4n) is 1.45. The number of fused-ring (bicyclic) bond motifs is 1. The largest absolute Gasteiger partial charge is 0.344 e. The van der Waals surface area contributed by atoms with Crippen molar-refractivity contribution in [2.45, 2.75) is 24.2 Å². The lowest BCUT2D eigenvalue weighted by Crippen LogP contribution is -1.83. The molecule has 1 aliphatic rings. The Morgan fingerprint density at radius 1 is 1.08 bits per heavy atom. The molecule has 66 valence electrons. The van der Waals surface area contributed by atoms with Crippen molar-refractivity contribution in [2.75, 3.05) is 5.75 Å². The summed E-state index contributed by atoms with van der Waals surface area (Å²) in [5.41, 5.74) is 1.55. The molecule has 2 rings (SSSR count). The Hall–Kier alpha value is -0.470. The third-order valence-electron chi connectivity index (χ3n) is 2.07. The maximum Gasteiger partial charge on any atom is 0.0104 e. The zero-order valence-electron chi connectivity index (χ0n) is 7.25. The van der Waals surface area contributed by atoms with Gasteiger partial charge in [-0.15, -0.1) is 11.8 Å². The first kappa shape index (κ1) is 9.62. The van der Waals surface area contributed by atoms with Crippen molar-refractivity contribution in [1.29, 1.82) is 0 Å². The van der Waals surface area contributed by atoms with Crippen LogP contribution in [0.4, 0.5) is 0 Å². The molecule has 0 radical (unpaired) electrons. The van der Waals surface area contributed by atoms with Crippen LogP contribution in [-0.4, -0.2) is 5.75 Å². The van der Waals surface area contributed by atoms with Crippen LogP contribution in [0, 0.1) is 0 Å². The monoisotopic (exact) mass is 181 g/mol. The van der Waals surface area contributed by atoms with E-state index in [2.05, 4.69) is 24.3 Å². The highest BCUT2D eigenvalue weighted by Crippen LogP contribution is 2.28. The highest BCUT2D eigenvalue weighted by Gasteiger charge is 2.05. The Labute approximate surface area is 78.1 Å². The summed E-state index contributed by atoms with van der Waals surface area (Å²) in [5.74, 6) is 1.30.